The van der Waals surface area contributed by atoms with E-state index in [9.17, 15) is 14.0 Å². The van der Waals surface area contributed by atoms with E-state index in [1.165, 1.54) is 12.1 Å². The molecule has 0 aliphatic heterocycles. The van der Waals surface area contributed by atoms with Gasteiger partial charge in [-0.2, -0.15) is 0 Å². The number of aryl methyl sites for hydroxylation is 1. The van der Waals surface area contributed by atoms with E-state index in [0.29, 0.717) is 16.8 Å². The van der Waals surface area contributed by atoms with Gasteiger partial charge in [0.05, 0.1) is 17.1 Å². The number of hydrogen-bond acceptors (Lipinski definition) is 3. The second kappa shape index (κ2) is 12.6. The Hall–Kier alpha value is -3.35. The predicted octanol–water partition coefficient (Wildman–Crippen LogP) is 6.67. The lowest BCUT2D eigenvalue weighted by Gasteiger charge is -2.28. The van der Waals surface area contributed by atoms with Crippen LogP contribution < -0.4 is 15.5 Å². The first-order valence-corrected chi connectivity index (χ1v) is 11.4. The second-order valence-corrected chi connectivity index (χ2v) is 8.15. The van der Waals surface area contributed by atoms with Gasteiger partial charge in [-0.1, -0.05) is 38.8 Å². The van der Waals surface area contributed by atoms with Gasteiger partial charge in [-0.15, -0.1) is 0 Å². The maximum absolute atomic E-state index is 14.2. The fourth-order valence-electron chi connectivity index (χ4n) is 3.47. The van der Waals surface area contributed by atoms with Gasteiger partial charge in [-0.25, -0.2) is 14.0 Å². The summed E-state index contributed by atoms with van der Waals surface area (Å²) in [5.41, 5.74) is 3.49. The molecule has 33 heavy (non-hydrogen) atoms. The van der Waals surface area contributed by atoms with Gasteiger partial charge in [-0.3, -0.25) is 0 Å². The van der Waals surface area contributed by atoms with Gasteiger partial charge in [-0.05, 0) is 67.7 Å². The molecular weight excluding hydrogens is 421 g/mol. The van der Waals surface area contributed by atoms with Crippen LogP contribution in [0.2, 0.25) is 0 Å². The molecule has 0 heterocycles. The number of anilines is 3. The van der Waals surface area contributed by atoms with E-state index in [1.807, 2.05) is 12.1 Å². The number of allylic oxidation sites excluding steroid dienone is 1. The highest BCUT2D eigenvalue weighted by Gasteiger charge is 2.16. The van der Waals surface area contributed by atoms with Crippen LogP contribution in [-0.4, -0.2) is 30.2 Å². The summed E-state index contributed by atoms with van der Waals surface area (Å²) >= 11 is 0. The van der Waals surface area contributed by atoms with E-state index in [0.717, 1.165) is 56.1 Å². The summed E-state index contributed by atoms with van der Waals surface area (Å²) < 4.78 is 14.2. The third kappa shape index (κ3) is 7.93. The molecule has 0 spiro atoms. The van der Waals surface area contributed by atoms with Crippen molar-refractivity contribution in [1.82, 2.24) is 0 Å². The lowest BCUT2D eigenvalue weighted by atomic mass is 10.0. The van der Waals surface area contributed by atoms with Crippen LogP contribution in [0.4, 0.5) is 26.2 Å². The second-order valence-electron chi connectivity index (χ2n) is 8.15. The maximum Gasteiger partial charge on any atom is 0.328 e. The minimum absolute atomic E-state index is 0.0894. The molecule has 2 aromatic carbocycles. The SMILES string of the molecule is CCCCN(CCCC)c1ccc(/C(C)=C/C(=O)O)cc1NC(=O)Nc1ccc(C)cc1F. The van der Waals surface area contributed by atoms with Crippen LogP contribution in [0.15, 0.2) is 42.5 Å². The van der Waals surface area contributed by atoms with Crippen LogP contribution >= 0.6 is 0 Å². The molecule has 178 valence electrons. The Kier molecular flexibility index (Phi) is 9.91. The molecule has 0 aliphatic rings. The van der Waals surface area contributed by atoms with Crippen molar-refractivity contribution in [2.45, 2.75) is 53.4 Å². The number of carbonyl (C=O) groups excluding carboxylic acids is 1. The number of urea groups is 1. The van der Waals surface area contributed by atoms with Crippen molar-refractivity contribution in [3.8, 4) is 0 Å². The number of nitrogens with zero attached hydrogens (tertiary/aromatic N) is 1. The van der Waals surface area contributed by atoms with Gasteiger partial charge in [0.15, 0.2) is 0 Å². The molecule has 0 aliphatic carbocycles. The van der Waals surface area contributed by atoms with E-state index in [4.69, 9.17) is 5.11 Å². The molecular formula is C26H34FN3O3. The zero-order valence-electron chi connectivity index (χ0n) is 19.9. The van der Waals surface area contributed by atoms with Crippen molar-refractivity contribution in [3.05, 3.63) is 59.4 Å². The summed E-state index contributed by atoms with van der Waals surface area (Å²) in [6.07, 6.45) is 5.22. The normalized spacial score (nSPS) is 11.2. The van der Waals surface area contributed by atoms with Crippen molar-refractivity contribution in [2.75, 3.05) is 28.6 Å². The highest BCUT2D eigenvalue weighted by molar-refractivity contribution is 6.02. The van der Waals surface area contributed by atoms with Crippen molar-refractivity contribution in [3.63, 3.8) is 0 Å². The Morgan fingerprint density at radius 3 is 2.21 bits per heavy atom. The number of unbranched alkanes of at least 4 members (excludes halogenated alkanes) is 2. The average Bonchev–Trinajstić information content (AvgIpc) is 2.75. The average molecular weight is 456 g/mol. The molecule has 3 N–H and O–H groups in total. The number of amides is 2. The minimum atomic E-state index is -1.04. The number of halogens is 1. The number of rotatable bonds is 11. The van der Waals surface area contributed by atoms with Crippen LogP contribution in [0.25, 0.3) is 5.57 Å². The lowest BCUT2D eigenvalue weighted by Crippen LogP contribution is -2.28. The third-order valence-corrected chi connectivity index (χ3v) is 5.32. The highest BCUT2D eigenvalue weighted by Crippen LogP contribution is 2.31. The first kappa shape index (κ1) is 25.9. The monoisotopic (exact) mass is 455 g/mol. The molecule has 0 aromatic heterocycles. The summed E-state index contributed by atoms with van der Waals surface area (Å²) in [5.74, 6) is -1.54. The molecule has 7 heteroatoms. The Labute approximate surface area is 195 Å². The number of carbonyl (C=O) groups is 2. The van der Waals surface area contributed by atoms with E-state index in [1.54, 1.807) is 26.0 Å². The smallest absolute Gasteiger partial charge is 0.328 e. The molecule has 0 radical (unpaired) electrons. The zero-order valence-corrected chi connectivity index (χ0v) is 19.9. The lowest BCUT2D eigenvalue weighted by molar-refractivity contribution is -0.131. The molecule has 0 fully saturated rings. The van der Waals surface area contributed by atoms with E-state index >= 15 is 0 Å². The topological polar surface area (TPSA) is 81.7 Å². The Morgan fingerprint density at radius 2 is 1.64 bits per heavy atom. The molecule has 2 aromatic rings. The first-order valence-electron chi connectivity index (χ1n) is 11.4. The molecule has 0 unspecified atom stereocenters. The first-order chi connectivity index (χ1) is 15.7. The van der Waals surface area contributed by atoms with Crippen LogP contribution in [0, 0.1) is 12.7 Å². The third-order valence-electron chi connectivity index (χ3n) is 5.32. The largest absolute Gasteiger partial charge is 0.478 e. The number of nitrogens with one attached hydrogen (secondary N) is 2. The fraction of sp³-hybridized carbons (Fsp3) is 0.385. The van der Waals surface area contributed by atoms with Crippen LogP contribution in [-0.2, 0) is 4.79 Å². The van der Waals surface area contributed by atoms with Crippen LogP contribution in [0.1, 0.15) is 57.6 Å². The molecule has 0 bridgehead atoms. The molecule has 0 atom stereocenters. The summed E-state index contributed by atoms with van der Waals surface area (Å²) in [5, 5.41) is 14.5. The quantitative estimate of drug-likeness (QED) is 0.330. The standard InChI is InChI=1S/C26H34FN3O3/c1-5-7-13-30(14-8-6-2)24-12-10-20(19(4)16-25(31)32)17-23(24)29-26(33)28-22-11-9-18(3)15-21(22)27/h9-12,15-17H,5-8,13-14H2,1-4H3,(H,31,32)(H2,28,29,33)/b19-16+. The number of carboxylic acids is 1. The van der Waals surface area contributed by atoms with E-state index in [-0.39, 0.29) is 5.69 Å². The van der Waals surface area contributed by atoms with Crippen LogP contribution in [0.3, 0.4) is 0 Å². The fourth-order valence-corrected chi connectivity index (χ4v) is 3.47. The summed E-state index contributed by atoms with van der Waals surface area (Å²) in [6, 6.07) is 9.57. The zero-order chi connectivity index (χ0) is 24.4. The van der Waals surface area contributed by atoms with Crippen molar-refractivity contribution in [1.29, 1.82) is 0 Å². The number of hydrogen-bond donors (Lipinski definition) is 3. The van der Waals surface area contributed by atoms with Gasteiger partial charge < -0.3 is 20.6 Å². The summed E-state index contributed by atoms with van der Waals surface area (Å²) in [6.45, 7) is 9.42. The predicted molar refractivity (Wildman–Crippen MR) is 134 cm³/mol. The van der Waals surface area contributed by atoms with Crippen molar-refractivity contribution >= 4 is 34.6 Å². The van der Waals surface area contributed by atoms with Crippen molar-refractivity contribution < 1.29 is 19.1 Å². The molecule has 0 saturated heterocycles. The number of benzene rings is 2. The van der Waals surface area contributed by atoms with Gasteiger partial charge >= 0.3 is 12.0 Å². The van der Waals surface area contributed by atoms with Gasteiger partial charge in [0.25, 0.3) is 0 Å². The van der Waals surface area contributed by atoms with Crippen LogP contribution in [0.5, 0.6) is 0 Å². The van der Waals surface area contributed by atoms with E-state index in [2.05, 4.69) is 29.4 Å². The minimum Gasteiger partial charge on any atom is -0.478 e. The van der Waals surface area contributed by atoms with Crippen molar-refractivity contribution in [2.24, 2.45) is 0 Å². The van der Waals surface area contributed by atoms with Gasteiger partial charge in [0, 0.05) is 19.2 Å². The van der Waals surface area contributed by atoms with E-state index < -0.39 is 17.8 Å². The Bertz CT molecular complexity index is 996. The number of carboxylic acid groups (broad SMARTS) is 1. The molecule has 2 amide bonds. The molecule has 0 saturated carbocycles. The summed E-state index contributed by atoms with van der Waals surface area (Å²) in [7, 11) is 0. The summed E-state index contributed by atoms with van der Waals surface area (Å²) in [4.78, 5) is 26.1. The Morgan fingerprint density at radius 1 is 1.00 bits per heavy atom. The molecule has 6 nitrogen and oxygen atoms in total. The maximum atomic E-state index is 14.2. The number of aliphatic carboxylic acids is 1. The highest BCUT2D eigenvalue weighted by atomic mass is 19.1. The van der Waals surface area contributed by atoms with Gasteiger partial charge in [0.1, 0.15) is 5.82 Å². The van der Waals surface area contributed by atoms with Gasteiger partial charge in [0.2, 0.25) is 0 Å². The molecule has 2 rings (SSSR count). The Balaban J connectivity index is 2.40.